The van der Waals surface area contributed by atoms with Crippen LogP contribution < -0.4 is 5.32 Å². The number of esters is 1. The summed E-state index contributed by atoms with van der Waals surface area (Å²) in [4.78, 5) is 27.5. The molecule has 2 aromatic heterocycles. The summed E-state index contributed by atoms with van der Waals surface area (Å²) in [6.07, 6.45) is 2.23. The molecular weight excluding hydrogens is 296 g/mol. The Labute approximate surface area is 135 Å². The lowest BCUT2D eigenvalue weighted by Crippen LogP contribution is -2.18. The minimum atomic E-state index is -0.443. The lowest BCUT2D eigenvalue weighted by molar-refractivity contribution is 0.0599. The maximum Gasteiger partial charge on any atom is 0.339 e. The maximum atomic E-state index is 12.6. The molecule has 0 spiro atoms. The lowest BCUT2D eigenvalue weighted by Gasteiger charge is -2.11. The van der Waals surface area contributed by atoms with E-state index in [0.717, 1.165) is 0 Å². The number of anilines is 1. The summed E-state index contributed by atoms with van der Waals surface area (Å²) in [7, 11) is 1.33. The van der Waals surface area contributed by atoms with Crippen molar-refractivity contribution in [3.05, 3.63) is 34.8 Å². The van der Waals surface area contributed by atoms with Crippen molar-refractivity contribution in [2.45, 2.75) is 40.2 Å². The molecule has 0 fully saturated rings. The Kier molecular flexibility index (Phi) is 4.88. The van der Waals surface area contributed by atoms with Crippen molar-refractivity contribution >= 4 is 17.7 Å². The number of methoxy groups -OCH3 is 1. The highest BCUT2D eigenvalue weighted by Gasteiger charge is 2.24. The molecule has 0 atom stereocenters. The number of aromatic nitrogens is 3. The van der Waals surface area contributed by atoms with Crippen molar-refractivity contribution in [3.8, 4) is 0 Å². The fourth-order valence-electron chi connectivity index (χ4n) is 2.53. The third-order valence-electron chi connectivity index (χ3n) is 3.70. The van der Waals surface area contributed by atoms with Crippen LogP contribution in [0.2, 0.25) is 0 Å². The Morgan fingerprint density at radius 3 is 2.70 bits per heavy atom. The highest BCUT2D eigenvalue weighted by Crippen LogP contribution is 2.22. The summed E-state index contributed by atoms with van der Waals surface area (Å²) in [5.41, 5.74) is 2.06. The van der Waals surface area contributed by atoms with Crippen LogP contribution in [0.25, 0.3) is 0 Å². The number of amides is 1. The van der Waals surface area contributed by atoms with Gasteiger partial charge >= 0.3 is 5.97 Å². The first-order valence-electron chi connectivity index (χ1n) is 7.55. The molecule has 0 unspecified atom stereocenters. The predicted octanol–water partition coefficient (Wildman–Crippen LogP) is 2.70. The van der Waals surface area contributed by atoms with Crippen molar-refractivity contribution in [3.63, 3.8) is 0 Å². The van der Waals surface area contributed by atoms with Crippen molar-refractivity contribution in [2.24, 2.45) is 0 Å². The number of H-pyrrole nitrogens is 1. The van der Waals surface area contributed by atoms with Crippen molar-refractivity contribution < 1.29 is 14.3 Å². The smallest absolute Gasteiger partial charge is 0.339 e. The fourth-order valence-corrected chi connectivity index (χ4v) is 2.53. The lowest BCUT2D eigenvalue weighted by atomic mass is 10.1. The van der Waals surface area contributed by atoms with Gasteiger partial charge in [0, 0.05) is 17.8 Å². The van der Waals surface area contributed by atoms with Crippen LogP contribution in [0.1, 0.15) is 58.9 Å². The molecule has 2 rings (SSSR count). The van der Waals surface area contributed by atoms with Gasteiger partial charge in [0.25, 0.3) is 5.91 Å². The number of aryl methyl sites for hydroxylation is 1. The highest BCUT2D eigenvalue weighted by molar-refractivity contribution is 6.06. The van der Waals surface area contributed by atoms with E-state index in [9.17, 15) is 9.59 Å². The molecule has 7 heteroatoms. The molecule has 0 bridgehead atoms. The number of ether oxygens (including phenoxy) is 1. The molecule has 0 aliphatic heterocycles. The summed E-state index contributed by atoms with van der Waals surface area (Å²) in [6.45, 7) is 7.60. The molecule has 0 aromatic carbocycles. The van der Waals surface area contributed by atoms with Crippen molar-refractivity contribution in [2.75, 3.05) is 12.4 Å². The fraction of sp³-hybridized carbons (Fsp3) is 0.438. The van der Waals surface area contributed by atoms with Gasteiger partial charge in [-0.3, -0.25) is 4.79 Å². The summed E-state index contributed by atoms with van der Waals surface area (Å²) in [5.74, 6) is -0.145. The Balaban J connectivity index is 2.35. The molecule has 7 nitrogen and oxygen atoms in total. The van der Waals surface area contributed by atoms with Crippen LogP contribution in [-0.2, 0) is 11.2 Å². The van der Waals surface area contributed by atoms with Gasteiger partial charge in [-0.05, 0) is 32.8 Å². The van der Waals surface area contributed by atoms with Gasteiger partial charge in [0.2, 0.25) is 0 Å². The Bertz CT molecular complexity index is 728. The first-order valence-corrected chi connectivity index (χ1v) is 7.55. The molecular formula is C16H22N4O3. The standard InChI is InChI=1S/C16H22N4O3/c1-6-11-13(16(22)23-5)10(4)14(18-11)15(21)19-12-7-8-17-20(12)9(2)3/h7-9,18H,6H2,1-5H3,(H,19,21). The molecule has 0 aliphatic carbocycles. The highest BCUT2D eigenvalue weighted by atomic mass is 16.5. The number of hydrogen-bond donors (Lipinski definition) is 2. The van der Waals surface area contributed by atoms with E-state index >= 15 is 0 Å². The van der Waals surface area contributed by atoms with Crippen LogP contribution in [0.15, 0.2) is 12.3 Å². The number of nitrogens with one attached hydrogen (secondary N) is 2. The van der Waals surface area contributed by atoms with Crippen LogP contribution in [0, 0.1) is 6.92 Å². The first kappa shape index (κ1) is 16.8. The van der Waals surface area contributed by atoms with Crippen LogP contribution in [0.5, 0.6) is 0 Å². The van der Waals surface area contributed by atoms with Gasteiger partial charge in [0.15, 0.2) is 0 Å². The number of carbonyl (C=O) groups excluding carboxylic acids is 2. The van der Waals surface area contributed by atoms with Crippen molar-refractivity contribution in [1.82, 2.24) is 14.8 Å². The molecule has 0 radical (unpaired) electrons. The topological polar surface area (TPSA) is 89.0 Å². The molecule has 2 N–H and O–H groups in total. The van der Waals surface area contributed by atoms with E-state index < -0.39 is 5.97 Å². The van der Waals surface area contributed by atoms with E-state index in [1.165, 1.54) is 7.11 Å². The largest absolute Gasteiger partial charge is 0.465 e. The second-order valence-electron chi connectivity index (χ2n) is 5.53. The number of carbonyl (C=O) groups is 2. The molecule has 1 amide bonds. The summed E-state index contributed by atoms with van der Waals surface area (Å²) in [5, 5.41) is 7.01. The first-order chi connectivity index (χ1) is 10.9. The van der Waals surface area contributed by atoms with Gasteiger partial charge in [-0.15, -0.1) is 0 Å². The molecule has 2 heterocycles. The maximum absolute atomic E-state index is 12.6. The van der Waals surface area contributed by atoms with Gasteiger partial charge in [0.1, 0.15) is 11.5 Å². The average Bonchev–Trinajstić information content (AvgIpc) is 3.10. The van der Waals surface area contributed by atoms with E-state index in [1.807, 2.05) is 20.8 Å². The van der Waals surface area contributed by atoms with E-state index in [4.69, 9.17) is 4.74 Å². The van der Waals surface area contributed by atoms with Gasteiger partial charge in [-0.25, -0.2) is 9.48 Å². The molecule has 0 saturated carbocycles. The van der Waals surface area contributed by atoms with Gasteiger partial charge in [-0.1, -0.05) is 6.92 Å². The van der Waals surface area contributed by atoms with Crippen LogP contribution in [-0.4, -0.2) is 33.8 Å². The van der Waals surface area contributed by atoms with E-state index in [1.54, 1.807) is 23.9 Å². The van der Waals surface area contributed by atoms with E-state index in [-0.39, 0.29) is 11.9 Å². The monoisotopic (exact) mass is 318 g/mol. The Morgan fingerprint density at radius 2 is 2.13 bits per heavy atom. The van der Waals surface area contributed by atoms with Crippen LogP contribution in [0.4, 0.5) is 5.82 Å². The quantitative estimate of drug-likeness (QED) is 0.830. The average molecular weight is 318 g/mol. The molecule has 0 saturated heterocycles. The second-order valence-corrected chi connectivity index (χ2v) is 5.53. The molecule has 2 aromatic rings. The zero-order chi connectivity index (χ0) is 17.1. The molecule has 0 aliphatic rings. The summed E-state index contributed by atoms with van der Waals surface area (Å²) in [6, 6.07) is 1.86. The zero-order valence-electron chi connectivity index (χ0n) is 14.1. The third-order valence-corrected chi connectivity index (χ3v) is 3.70. The Hall–Kier alpha value is -2.57. The number of rotatable bonds is 5. The van der Waals surface area contributed by atoms with Gasteiger partial charge in [-0.2, -0.15) is 5.10 Å². The van der Waals surface area contributed by atoms with E-state index in [2.05, 4.69) is 15.4 Å². The minimum Gasteiger partial charge on any atom is -0.465 e. The Morgan fingerprint density at radius 1 is 1.43 bits per heavy atom. The third kappa shape index (κ3) is 3.13. The number of aromatic amines is 1. The van der Waals surface area contributed by atoms with Crippen LogP contribution in [0.3, 0.4) is 0 Å². The van der Waals surface area contributed by atoms with Crippen LogP contribution >= 0.6 is 0 Å². The SMILES string of the molecule is CCc1[nH]c(C(=O)Nc2ccnn2C(C)C)c(C)c1C(=O)OC. The summed E-state index contributed by atoms with van der Waals surface area (Å²) < 4.78 is 6.52. The summed E-state index contributed by atoms with van der Waals surface area (Å²) >= 11 is 0. The van der Waals surface area contributed by atoms with E-state index in [0.29, 0.717) is 34.8 Å². The van der Waals surface area contributed by atoms with Crippen molar-refractivity contribution in [1.29, 1.82) is 0 Å². The number of hydrogen-bond acceptors (Lipinski definition) is 4. The molecule has 23 heavy (non-hydrogen) atoms. The van der Waals surface area contributed by atoms with Gasteiger partial charge in [0.05, 0.1) is 18.9 Å². The normalized spacial score (nSPS) is 10.9. The predicted molar refractivity (Wildman–Crippen MR) is 86.8 cm³/mol. The molecule has 124 valence electrons. The van der Waals surface area contributed by atoms with Gasteiger partial charge < -0.3 is 15.0 Å². The second kappa shape index (κ2) is 6.68. The number of nitrogens with zero attached hydrogens (tertiary/aromatic N) is 2. The zero-order valence-corrected chi connectivity index (χ0v) is 14.1. The minimum absolute atomic E-state index is 0.127.